The van der Waals surface area contributed by atoms with Crippen LogP contribution in [0.2, 0.25) is 0 Å². The van der Waals surface area contributed by atoms with Gasteiger partial charge in [-0.05, 0) is 51.5 Å². The predicted octanol–water partition coefficient (Wildman–Crippen LogP) is 4.25. The summed E-state index contributed by atoms with van der Waals surface area (Å²) in [6.45, 7) is 9.24. The van der Waals surface area contributed by atoms with Gasteiger partial charge in [0.05, 0.1) is 0 Å². The maximum atomic E-state index is 12.5. The van der Waals surface area contributed by atoms with Gasteiger partial charge in [0.25, 0.3) is 0 Å². The molecular formula is C24H30N6O2. The topological polar surface area (TPSA) is 87.2 Å². The summed E-state index contributed by atoms with van der Waals surface area (Å²) < 4.78 is 5.60. The number of aromatic amines is 1. The number of piperidine rings is 1. The number of H-pyrrole nitrogens is 1. The number of likely N-dealkylation sites (tertiary alicyclic amines) is 1. The molecule has 0 radical (unpaired) electrons. The molecule has 8 nitrogen and oxygen atoms in total. The van der Waals surface area contributed by atoms with Crippen molar-refractivity contribution >= 4 is 22.8 Å². The van der Waals surface area contributed by atoms with Gasteiger partial charge >= 0.3 is 6.09 Å². The van der Waals surface area contributed by atoms with Crippen LogP contribution in [0.3, 0.4) is 0 Å². The average Bonchev–Trinajstić information content (AvgIpc) is 3.39. The zero-order valence-electron chi connectivity index (χ0n) is 19.0. The van der Waals surface area contributed by atoms with Crippen molar-refractivity contribution in [3.63, 3.8) is 0 Å². The number of pyridine rings is 1. The molecule has 0 unspecified atom stereocenters. The molecule has 2 aliphatic heterocycles. The van der Waals surface area contributed by atoms with E-state index in [0.717, 1.165) is 67.6 Å². The highest BCUT2D eigenvalue weighted by atomic mass is 16.6. The number of aromatic nitrogens is 4. The number of rotatable bonds is 2. The van der Waals surface area contributed by atoms with Crippen LogP contribution in [0.4, 0.5) is 10.5 Å². The summed E-state index contributed by atoms with van der Waals surface area (Å²) in [5.41, 5.74) is 3.84. The molecule has 0 aromatic carbocycles. The lowest BCUT2D eigenvalue weighted by Gasteiger charge is -2.40. The molecule has 3 aromatic heterocycles. The van der Waals surface area contributed by atoms with Crippen LogP contribution >= 0.6 is 0 Å². The quantitative estimate of drug-likeness (QED) is 0.649. The second-order valence-electron chi connectivity index (χ2n) is 10.0. The maximum Gasteiger partial charge on any atom is 0.410 e. The van der Waals surface area contributed by atoms with Crippen LogP contribution in [0.15, 0.2) is 37.2 Å². The van der Waals surface area contributed by atoms with Gasteiger partial charge in [-0.15, -0.1) is 0 Å². The van der Waals surface area contributed by atoms with E-state index in [2.05, 4.69) is 30.9 Å². The molecule has 5 rings (SSSR count). The van der Waals surface area contributed by atoms with Crippen LogP contribution < -0.4 is 4.90 Å². The summed E-state index contributed by atoms with van der Waals surface area (Å²) in [7, 11) is 0. The minimum Gasteiger partial charge on any atom is -0.444 e. The van der Waals surface area contributed by atoms with Crippen LogP contribution in [0, 0.1) is 5.41 Å². The third-order valence-electron chi connectivity index (χ3n) is 6.68. The lowest BCUT2D eigenvalue weighted by atomic mass is 9.77. The summed E-state index contributed by atoms with van der Waals surface area (Å²) in [6.07, 6.45) is 12.0. The Morgan fingerprint density at radius 3 is 2.56 bits per heavy atom. The Hall–Kier alpha value is -3.16. The van der Waals surface area contributed by atoms with Crippen LogP contribution in [0.25, 0.3) is 22.2 Å². The molecule has 3 aromatic rings. The fourth-order valence-corrected chi connectivity index (χ4v) is 5.02. The summed E-state index contributed by atoms with van der Waals surface area (Å²) in [5, 5.41) is 1.11. The van der Waals surface area contributed by atoms with Crippen molar-refractivity contribution in [1.29, 1.82) is 0 Å². The Morgan fingerprint density at radius 2 is 1.84 bits per heavy atom. The molecule has 5 heterocycles. The molecule has 168 valence electrons. The van der Waals surface area contributed by atoms with Gasteiger partial charge in [-0.3, -0.25) is 0 Å². The van der Waals surface area contributed by atoms with Crippen molar-refractivity contribution in [3.05, 3.63) is 37.2 Å². The number of hydrogen-bond donors (Lipinski definition) is 1. The zero-order chi connectivity index (χ0) is 22.3. The van der Waals surface area contributed by atoms with E-state index < -0.39 is 5.60 Å². The van der Waals surface area contributed by atoms with Gasteiger partial charge in [-0.25, -0.2) is 19.7 Å². The number of carbonyl (C=O) groups excluding carboxylic acids is 1. The van der Waals surface area contributed by atoms with E-state index in [9.17, 15) is 4.79 Å². The van der Waals surface area contributed by atoms with Gasteiger partial charge in [-0.1, -0.05) is 0 Å². The number of anilines is 1. The van der Waals surface area contributed by atoms with E-state index in [-0.39, 0.29) is 11.5 Å². The first kappa shape index (κ1) is 20.7. The third-order valence-corrected chi connectivity index (χ3v) is 6.68. The van der Waals surface area contributed by atoms with E-state index >= 15 is 0 Å². The number of nitrogens with one attached hydrogen (secondary N) is 1. The third kappa shape index (κ3) is 3.89. The molecule has 2 saturated heterocycles. The highest BCUT2D eigenvalue weighted by Crippen LogP contribution is 2.43. The number of hydrogen-bond acceptors (Lipinski definition) is 6. The average molecular weight is 435 g/mol. The van der Waals surface area contributed by atoms with E-state index in [0.29, 0.717) is 0 Å². The first-order valence-corrected chi connectivity index (χ1v) is 11.3. The number of nitrogens with zero attached hydrogens (tertiary/aromatic N) is 5. The van der Waals surface area contributed by atoms with Crippen molar-refractivity contribution in [2.75, 3.05) is 31.1 Å². The summed E-state index contributed by atoms with van der Waals surface area (Å²) in [6, 6.07) is 2.10. The Balaban J connectivity index is 1.33. The number of fused-ring (bicyclic) bond motifs is 1. The molecule has 0 aliphatic carbocycles. The number of ether oxygens (including phenoxy) is 1. The smallest absolute Gasteiger partial charge is 0.410 e. The van der Waals surface area contributed by atoms with Gasteiger partial charge in [0, 0.05) is 73.2 Å². The number of amides is 1. The van der Waals surface area contributed by atoms with Crippen LogP contribution in [0.5, 0.6) is 0 Å². The van der Waals surface area contributed by atoms with E-state index in [1.54, 1.807) is 6.33 Å². The van der Waals surface area contributed by atoms with Gasteiger partial charge in [-0.2, -0.15) is 0 Å². The van der Waals surface area contributed by atoms with Crippen LogP contribution in [-0.2, 0) is 4.74 Å². The largest absolute Gasteiger partial charge is 0.444 e. The molecule has 1 amide bonds. The molecule has 32 heavy (non-hydrogen) atoms. The molecule has 0 bridgehead atoms. The first-order valence-electron chi connectivity index (χ1n) is 11.3. The molecule has 2 aliphatic rings. The molecule has 8 heteroatoms. The minimum absolute atomic E-state index is 0.185. The highest BCUT2D eigenvalue weighted by molar-refractivity contribution is 6.02. The Bertz CT molecular complexity index is 1110. The fourth-order valence-electron chi connectivity index (χ4n) is 5.02. The second-order valence-corrected chi connectivity index (χ2v) is 10.0. The molecule has 0 atom stereocenters. The maximum absolute atomic E-state index is 12.5. The Kier molecular flexibility index (Phi) is 5.03. The summed E-state index contributed by atoms with van der Waals surface area (Å²) in [4.78, 5) is 33.1. The van der Waals surface area contributed by atoms with Gasteiger partial charge in [0.1, 0.15) is 17.6 Å². The van der Waals surface area contributed by atoms with Crippen molar-refractivity contribution in [2.45, 2.75) is 45.6 Å². The first-order chi connectivity index (χ1) is 15.3. The summed E-state index contributed by atoms with van der Waals surface area (Å²) in [5.74, 6) is 0. The van der Waals surface area contributed by atoms with Crippen molar-refractivity contribution < 1.29 is 9.53 Å². The normalized spacial score (nSPS) is 18.5. The lowest BCUT2D eigenvalue weighted by Crippen LogP contribution is -2.43. The van der Waals surface area contributed by atoms with E-state index in [1.165, 1.54) is 5.69 Å². The minimum atomic E-state index is -0.457. The van der Waals surface area contributed by atoms with Crippen molar-refractivity contribution in [3.8, 4) is 11.1 Å². The van der Waals surface area contributed by atoms with Gasteiger partial charge in [0.2, 0.25) is 0 Å². The molecule has 0 saturated carbocycles. The fraction of sp³-hybridized carbons (Fsp3) is 0.500. The lowest BCUT2D eigenvalue weighted by molar-refractivity contribution is 0.0266. The molecular weight excluding hydrogens is 404 g/mol. The monoisotopic (exact) mass is 434 g/mol. The zero-order valence-corrected chi connectivity index (χ0v) is 19.0. The van der Waals surface area contributed by atoms with Crippen molar-refractivity contribution in [1.82, 2.24) is 24.8 Å². The van der Waals surface area contributed by atoms with Crippen LogP contribution in [-0.4, -0.2) is 62.7 Å². The SMILES string of the molecule is CC(C)(C)OC(=O)N1CCC2(CCN(c3ccnc4[nH]cc(-c5cncnc5)c34)CC2)C1. The van der Waals surface area contributed by atoms with Crippen molar-refractivity contribution in [2.24, 2.45) is 5.41 Å². The second kappa shape index (κ2) is 7.76. The Labute approximate surface area is 188 Å². The standard InChI is InChI=1S/C24H30N6O2/c1-23(2,3)32-22(31)30-11-7-24(15-30)5-9-29(10-6-24)19-4-8-27-21-20(19)18(14-28-21)17-12-25-16-26-13-17/h4,8,12-14,16H,5-7,9-11,15H2,1-3H3,(H,27,28). The molecule has 1 N–H and O–H groups in total. The summed E-state index contributed by atoms with van der Waals surface area (Å²) >= 11 is 0. The van der Waals surface area contributed by atoms with Gasteiger partial charge in [0.15, 0.2) is 0 Å². The van der Waals surface area contributed by atoms with Gasteiger partial charge < -0.3 is 19.5 Å². The van der Waals surface area contributed by atoms with E-state index in [4.69, 9.17) is 4.74 Å². The Morgan fingerprint density at radius 1 is 1.12 bits per heavy atom. The predicted molar refractivity (Wildman–Crippen MR) is 123 cm³/mol. The van der Waals surface area contributed by atoms with Crippen LogP contribution in [0.1, 0.15) is 40.0 Å². The molecule has 2 fully saturated rings. The van der Waals surface area contributed by atoms with E-state index in [1.807, 2.05) is 50.5 Å². The number of carbonyl (C=O) groups is 1. The molecule has 1 spiro atoms. The highest BCUT2D eigenvalue weighted by Gasteiger charge is 2.43.